The number of alkyl carbamates (subject to hydrolysis) is 1. The predicted molar refractivity (Wildman–Crippen MR) is 69.5 cm³/mol. The van der Waals surface area contributed by atoms with Crippen molar-refractivity contribution in [1.82, 2.24) is 15.5 Å². The van der Waals surface area contributed by atoms with E-state index in [1.165, 1.54) is 0 Å². The van der Waals surface area contributed by atoms with Crippen LogP contribution in [0.5, 0.6) is 0 Å². The molecule has 1 heterocycles. The summed E-state index contributed by atoms with van der Waals surface area (Å²) in [4.78, 5) is 13.6. The van der Waals surface area contributed by atoms with E-state index in [0.29, 0.717) is 19.9 Å². The van der Waals surface area contributed by atoms with Crippen molar-refractivity contribution in [2.24, 2.45) is 0 Å². The molecule has 0 aromatic heterocycles. The molecule has 0 spiro atoms. The third-order valence-electron chi connectivity index (χ3n) is 2.40. The van der Waals surface area contributed by atoms with E-state index in [4.69, 9.17) is 9.47 Å². The molecule has 0 aromatic carbocycles. The molecule has 2 N–H and O–H groups in total. The first-order valence-corrected chi connectivity index (χ1v) is 6.45. The zero-order chi connectivity index (χ0) is 13.4. The van der Waals surface area contributed by atoms with Crippen molar-refractivity contribution >= 4 is 6.09 Å². The van der Waals surface area contributed by atoms with Gasteiger partial charge in [-0.2, -0.15) is 0 Å². The van der Waals surface area contributed by atoms with Crippen molar-refractivity contribution in [2.45, 2.75) is 26.4 Å². The fourth-order valence-corrected chi connectivity index (χ4v) is 1.57. The maximum Gasteiger partial charge on any atom is 0.407 e. The Hall–Kier alpha value is -0.850. The van der Waals surface area contributed by atoms with Crippen LogP contribution in [0.15, 0.2) is 0 Å². The highest BCUT2D eigenvalue weighted by atomic mass is 16.6. The van der Waals surface area contributed by atoms with Gasteiger partial charge in [-0.15, -0.1) is 0 Å². The number of piperazine rings is 1. The molecule has 0 unspecified atom stereocenters. The Morgan fingerprint density at radius 2 is 2.00 bits per heavy atom. The number of hydrogen-bond donors (Lipinski definition) is 2. The number of ether oxygens (including phenoxy) is 2. The number of nitrogens with one attached hydrogen (secondary N) is 2. The number of carbonyl (C=O) groups is 1. The molecule has 0 bridgehead atoms. The van der Waals surface area contributed by atoms with Gasteiger partial charge in [0, 0.05) is 32.7 Å². The van der Waals surface area contributed by atoms with E-state index in [1.54, 1.807) is 0 Å². The molecule has 0 aliphatic carbocycles. The zero-order valence-corrected chi connectivity index (χ0v) is 11.6. The lowest BCUT2D eigenvalue weighted by Gasteiger charge is -2.26. The molecular weight excluding hydrogens is 234 g/mol. The minimum atomic E-state index is -0.453. The second-order valence-corrected chi connectivity index (χ2v) is 5.33. The van der Waals surface area contributed by atoms with Crippen LogP contribution in [-0.2, 0) is 9.47 Å². The van der Waals surface area contributed by atoms with Gasteiger partial charge in [0.25, 0.3) is 0 Å². The van der Waals surface area contributed by atoms with Gasteiger partial charge in [-0.1, -0.05) is 0 Å². The van der Waals surface area contributed by atoms with Gasteiger partial charge < -0.3 is 20.1 Å². The average Bonchev–Trinajstić information content (AvgIpc) is 2.27. The third-order valence-corrected chi connectivity index (χ3v) is 2.40. The van der Waals surface area contributed by atoms with Crippen molar-refractivity contribution < 1.29 is 14.3 Å². The Morgan fingerprint density at radius 3 is 2.61 bits per heavy atom. The molecule has 0 radical (unpaired) electrons. The molecule has 0 atom stereocenters. The first kappa shape index (κ1) is 15.2. The Kier molecular flexibility index (Phi) is 6.38. The van der Waals surface area contributed by atoms with Crippen LogP contribution in [0.1, 0.15) is 20.8 Å². The van der Waals surface area contributed by atoms with Crippen LogP contribution < -0.4 is 10.6 Å². The van der Waals surface area contributed by atoms with Gasteiger partial charge in [0.05, 0.1) is 13.3 Å². The monoisotopic (exact) mass is 259 g/mol. The highest BCUT2D eigenvalue weighted by molar-refractivity contribution is 5.67. The first-order chi connectivity index (χ1) is 8.47. The van der Waals surface area contributed by atoms with Crippen LogP contribution in [0.3, 0.4) is 0 Å². The molecule has 0 aromatic rings. The van der Waals surface area contributed by atoms with Crippen LogP contribution in [0.25, 0.3) is 0 Å². The van der Waals surface area contributed by atoms with E-state index >= 15 is 0 Å². The Labute approximate surface area is 109 Å². The van der Waals surface area contributed by atoms with Gasteiger partial charge in [0.15, 0.2) is 0 Å². The predicted octanol–water partition coefficient (Wildman–Crippen LogP) is 0.390. The summed E-state index contributed by atoms with van der Waals surface area (Å²) in [6.45, 7) is 11.2. The smallest absolute Gasteiger partial charge is 0.407 e. The van der Waals surface area contributed by atoms with E-state index in [2.05, 4.69) is 15.5 Å². The molecule has 1 saturated heterocycles. The maximum absolute atomic E-state index is 11.3. The van der Waals surface area contributed by atoms with E-state index in [9.17, 15) is 4.79 Å². The fraction of sp³-hybridized carbons (Fsp3) is 0.917. The summed E-state index contributed by atoms with van der Waals surface area (Å²) in [5.41, 5.74) is -0.453. The third kappa shape index (κ3) is 7.47. The highest BCUT2D eigenvalue weighted by Crippen LogP contribution is 2.06. The Bertz CT molecular complexity index is 247. The van der Waals surface area contributed by atoms with Gasteiger partial charge in [0.2, 0.25) is 0 Å². The number of carbonyl (C=O) groups excluding carboxylic acids is 1. The number of nitrogens with zero attached hydrogens (tertiary/aromatic N) is 1. The number of rotatable bonds is 5. The fourth-order valence-electron chi connectivity index (χ4n) is 1.57. The summed E-state index contributed by atoms with van der Waals surface area (Å²) < 4.78 is 10.6. The summed E-state index contributed by atoms with van der Waals surface area (Å²) >= 11 is 0. The van der Waals surface area contributed by atoms with Crippen molar-refractivity contribution in [3.63, 3.8) is 0 Å². The molecule has 1 aliphatic heterocycles. The SMILES string of the molecule is CC(C)(C)OC(=O)NCCOCN1CCNCC1. The molecule has 1 aliphatic rings. The molecule has 0 saturated carbocycles. The molecule has 106 valence electrons. The van der Waals surface area contributed by atoms with Gasteiger partial charge in [-0.25, -0.2) is 4.79 Å². The second kappa shape index (κ2) is 7.56. The molecule has 1 amide bonds. The summed E-state index contributed by atoms with van der Waals surface area (Å²) in [6, 6.07) is 0. The molecule has 6 heteroatoms. The number of hydrogen-bond acceptors (Lipinski definition) is 5. The second-order valence-electron chi connectivity index (χ2n) is 5.33. The average molecular weight is 259 g/mol. The van der Waals surface area contributed by atoms with Gasteiger partial charge in [-0.05, 0) is 20.8 Å². The molecule has 1 rings (SSSR count). The van der Waals surface area contributed by atoms with Crippen LogP contribution in [-0.4, -0.2) is 62.7 Å². The van der Waals surface area contributed by atoms with E-state index in [-0.39, 0.29) is 0 Å². The Morgan fingerprint density at radius 1 is 1.33 bits per heavy atom. The van der Waals surface area contributed by atoms with Crippen LogP contribution >= 0.6 is 0 Å². The summed E-state index contributed by atoms with van der Waals surface area (Å²) in [5, 5.41) is 5.94. The minimum absolute atomic E-state index is 0.395. The quantitative estimate of drug-likeness (QED) is 0.699. The summed E-state index contributed by atoms with van der Waals surface area (Å²) in [6.07, 6.45) is -0.395. The van der Waals surface area contributed by atoms with Crippen molar-refractivity contribution in [2.75, 3.05) is 46.1 Å². The van der Waals surface area contributed by atoms with Crippen molar-refractivity contribution in [3.05, 3.63) is 0 Å². The van der Waals surface area contributed by atoms with E-state index in [0.717, 1.165) is 26.2 Å². The molecule has 1 fully saturated rings. The topological polar surface area (TPSA) is 62.8 Å². The van der Waals surface area contributed by atoms with Gasteiger partial charge >= 0.3 is 6.09 Å². The van der Waals surface area contributed by atoms with Crippen LogP contribution in [0, 0.1) is 0 Å². The van der Waals surface area contributed by atoms with Gasteiger partial charge in [0.1, 0.15) is 5.60 Å². The molecular formula is C12H25N3O3. The standard InChI is InChI=1S/C12H25N3O3/c1-12(2,3)18-11(16)14-6-9-17-10-15-7-4-13-5-8-15/h13H,4-10H2,1-3H3,(H,14,16). The zero-order valence-electron chi connectivity index (χ0n) is 11.6. The highest BCUT2D eigenvalue weighted by Gasteiger charge is 2.15. The van der Waals surface area contributed by atoms with E-state index < -0.39 is 11.7 Å². The largest absolute Gasteiger partial charge is 0.444 e. The van der Waals surface area contributed by atoms with Crippen LogP contribution in [0.4, 0.5) is 4.79 Å². The first-order valence-electron chi connectivity index (χ1n) is 6.45. The van der Waals surface area contributed by atoms with Gasteiger partial charge in [-0.3, -0.25) is 4.90 Å². The number of amides is 1. The van der Waals surface area contributed by atoms with Crippen LogP contribution in [0.2, 0.25) is 0 Å². The van der Waals surface area contributed by atoms with Crippen molar-refractivity contribution in [1.29, 1.82) is 0 Å². The normalized spacial score (nSPS) is 17.5. The maximum atomic E-state index is 11.3. The van der Waals surface area contributed by atoms with E-state index in [1.807, 2.05) is 20.8 Å². The molecule has 18 heavy (non-hydrogen) atoms. The van der Waals surface area contributed by atoms with Crippen molar-refractivity contribution in [3.8, 4) is 0 Å². The lowest BCUT2D eigenvalue weighted by Crippen LogP contribution is -2.44. The summed E-state index contributed by atoms with van der Waals surface area (Å²) in [5.74, 6) is 0. The lowest BCUT2D eigenvalue weighted by molar-refractivity contribution is 0.0202. The molecule has 6 nitrogen and oxygen atoms in total. The minimum Gasteiger partial charge on any atom is -0.444 e. The lowest BCUT2D eigenvalue weighted by atomic mass is 10.2. The Balaban J connectivity index is 1.96. The summed E-state index contributed by atoms with van der Waals surface area (Å²) in [7, 11) is 0.